The number of carbonyl (C=O) groups is 1. The van der Waals surface area contributed by atoms with Crippen molar-refractivity contribution in [2.24, 2.45) is 0 Å². The van der Waals surface area contributed by atoms with Crippen LogP contribution in [-0.4, -0.2) is 27.5 Å². The molecule has 0 bridgehead atoms. The summed E-state index contributed by atoms with van der Waals surface area (Å²) in [6.07, 6.45) is 2.56. The third-order valence-electron chi connectivity index (χ3n) is 5.03. The van der Waals surface area contributed by atoms with Crippen molar-refractivity contribution in [3.63, 3.8) is 0 Å². The minimum atomic E-state index is -0.0975. The van der Waals surface area contributed by atoms with Crippen LogP contribution in [0.25, 0.3) is 22.4 Å². The van der Waals surface area contributed by atoms with Crippen molar-refractivity contribution in [1.82, 2.24) is 20.1 Å². The van der Waals surface area contributed by atoms with E-state index in [1.165, 1.54) is 0 Å². The Morgan fingerprint density at radius 2 is 2.00 bits per heavy atom. The third-order valence-corrected chi connectivity index (χ3v) is 5.03. The topological polar surface area (TPSA) is 91.4 Å². The third kappa shape index (κ3) is 3.36. The molecular weight excluding hydrogens is 384 g/mol. The number of fused-ring (bicyclic) bond motifs is 2. The Morgan fingerprint density at radius 1 is 1.13 bits per heavy atom. The number of nitrogens with zero attached hydrogens (tertiary/aromatic N) is 3. The van der Waals surface area contributed by atoms with Gasteiger partial charge in [0.25, 0.3) is 0 Å². The molecule has 1 N–H and O–H groups in total. The smallest absolute Gasteiger partial charge is 0.249 e. The lowest BCUT2D eigenvalue weighted by Gasteiger charge is -2.08. The number of rotatable bonds is 6. The van der Waals surface area contributed by atoms with Crippen LogP contribution in [0.1, 0.15) is 18.4 Å². The molecule has 152 valence electrons. The SMILES string of the molecule is CCc1nnc(-c2cn(CC(=O)NCc3ccc4c(c3)OCO4)c3ccccc23)o1. The maximum atomic E-state index is 12.6. The standard InChI is InChI=1S/C22H20N4O4/c1-2-21-24-25-22(30-21)16-11-26(17-6-4-3-5-15(16)17)12-20(27)23-10-14-7-8-18-19(9-14)29-13-28-18/h3-9,11H,2,10,12-13H2,1H3,(H,23,27). The van der Waals surface area contributed by atoms with Gasteiger partial charge < -0.3 is 23.8 Å². The average molecular weight is 404 g/mol. The molecule has 8 nitrogen and oxygen atoms in total. The Morgan fingerprint density at radius 3 is 2.87 bits per heavy atom. The molecule has 8 heteroatoms. The summed E-state index contributed by atoms with van der Waals surface area (Å²) in [5, 5.41) is 12.1. The van der Waals surface area contributed by atoms with Gasteiger partial charge in [-0.1, -0.05) is 31.2 Å². The van der Waals surface area contributed by atoms with Crippen molar-refractivity contribution in [3.05, 3.63) is 60.1 Å². The van der Waals surface area contributed by atoms with Gasteiger partial charge in [-0.25, -0.2) is 0 Å². The summed E-state index contributed by atoms with van der Waals surface area (Å²) in [6, 6.07) is 13.5. The molecule has 0 fully saturated rings. The number of nitrogens with one attached hydrogen (secondary N) is 1. The van der Waals surface area contributed by atoms with E-state index < -0.39 is 0 Å². The van der Waals surface area contributed by atoms with Gasteiger partial charge in [-0.15, -0.1) is 10.2 Å². The zero-order valence-electron chi connectivity index (χ0n) is 16.4. The number of hydrogen-bond acceptors (Lipinski definition) is 6. The molecule has 0 atom stereocenters. The Labute approximate surface area is 172 Å². The van der Waals surface area contributed by atoms with Crippen LogP contribution in [0.15, 0.2) is 53.1 Å². The number of benzene rings is 2. The van der Waals surface area contributed by atoms with Crippen LogP contribution in [0.4, 0.5) is 0 Å². The van der Waals surface area contributed by atoms with Gasteiger partial charge >= 0.3 is 0 Å². The number of hydrogen-bond donors (Lipinski definition) is 1. The maximum absolute atomic E-state index is 12.6. The second-order valence-electron chi connectivity index (χ2n) is 7.01. The highest BCUT2D eigenvalue weighted by Gasteiger charge is 2.17. The zero-order chi connectivity index (χ0) is 20.5. The summed E-state index contributed by atoms with van der Waals surface area (Å²) in [7, 11) is 0. The highest BCUT2D eigenvalue weighted by atomic mass is 16.7. The highest BCUT2D eigenvalue weighted by molar-refractivity contribution is 5.94. The first-order valence-electron chi connectivity index (χ1n) is 9.77. The molecule has 2 aromatic heterocycles. The largest absolute Gasteiger partial charge is 0.454 e. The van der Waals surface area contributed by atoms with Crippen molar-refractivity contribution in [2.45, 2.75) is 26.4 Å². The van der Waals surface area contributed by atoms with E-state index in [-0.39, 0.29) is 19.2 Å². The molecule has 0 unspecified atom stereocenters. The van der Waals surface area contributed by atoms with Gasteiger partial charge in [-0.05, 0) is 23.8 Å². The molecule has 0 spiro atoms. The van der Waals surface area contributed by atoms with Gasteiger partial charge in [-0.2, -0.15) is 0 Å². The number of amides is 1. The fraction of sp³-hybridized carbons (Fsp3) is 0.227. The lowest BCUT2D eigenvalue weighted by atomic mass is 10.2. The van der Waals surface area contributed by atoms with Crippen molar-refractivity contribution >= 4 is 16.8 Å². The van der Waals surface area contributed by atoms with Gasteiger partial charge in [0.15, 0.2) is 11.5 Å². The quantitative estimate of drug-likeness (QED) is 0.530. The summed E-state index contributed by atoms with van der Waals surface area (Å²) < 4.78 is 18.3. The van der Waals surface area contributed by atoms with E-state index in [0.29, 0.717) is 30.5 Å². The van der Waals surface area contributed by atoms with E-state index >= 15 is 0 Å². The summed E-state index contributed by atoms with van der Waals surface area (Å²) in [4.78, 5) is 12.6. The Kier molecular flexibility index (Phi) is 4.59. The molecule has 0 saturated heterocycles. The van der Waals surface area contributed by atoms with Crippen molar-refractivity contribution in [1.29, 1.82) is 0 Å². The molecule has 0 radical (unpaired) electrons. The van der Waals surface area contributed by atoms with E-state index in [1.54, 1.807) is 0 Å². The highest BCUT2D eigenvalue weighted by Crippen LogP contribution is 2.32. The van der Waals surface area contributed by atoms with E-state index in [0.717, 1.165) is 27.8 Å². The maximum Gasteiger partial charge on any atom is 0.249 e. The molecule has 4 aromatic rings. The van der Waals surface area contributed by atoms with E-state index in [2.05, 4.69) is 15.5 Å². The second kappa shape index (κ2) is 7.55. The summed E-state index contributed by atoms with van der Waals surface area (Å²) in [6.45, 7) is 2.78. The normalized spacial score (nSPS) is 12.4. The molecular formula is C22H20N4O4. The van der Waals surface area contributed by atoms with Crippen molar-refractivity contribution in [3.8, 4) is 23.0 Å². The van der Waals surface area contributed by atoms with Crippen molar-refractivity contribution < 1.29 is 18.7 Å². The first kappa shape index (κ1) is 18.2. The minimum absolute atomic E-state index is 0.0975. The predicted molar refractivity (Wildman–Crippen MR) is 109 cm³/mol. The number of aryl methyl sites for hydroxylation is 1. The van der Waals surface area contributed by atoms with Crippen LogP contribution < -0.4 is 14.8 Å². The summed E-state index contributed by atoms with van der Waals surface area (Å²) in [5.41, 5.74) is 2.70. The molecule has 1 amide bonds. The van der Waals surface area contributed by atoms with E-state index in [4.69, 9.17) is 13.9 Å². The van der Waals surface area contributed by atoms with Crippen LogP contribution in [0.3, 0.4) is 0 Å². The lowest BCUT2D eigenvalue weighted by Crippen LogP contribution is -2.26. The predicted octanol–water partition coefficient (Wildman–Crippen LogP) is 3.30. The number of ether oxygens (including phenoxy) is 2. The zero-order valence-corrected chi connectivity index (χ0v) is 16.4. The second-order valence-corrected chi connectivity index (χ2v) is 7.01. The molecule has 30 heavy (non-hydrogen) atoms. The molecule has 2 aromatic carbocycles. The number of para-hydroxylation sites is 1. The van der Waals surface area contributed by atoms with Crippen LogP contribution in [0, 0.1) is 0 Å². The molecule has 0 saturated carbocycles. The van der Waals surface area contributed by atoms with Crippen LogP contribution in [-0.2, 0) is 24.3 Å². The summed E-state index contributed by atoms with van der Waals surface area (Å²) >= 11 is 0. The molecule has 1 aliphatic heterocycles. The first-order valence-corrected chi connectivity index (χ1v) is 9.77. The van der Waals surface area contributed by atoms with Crippen LogP contribution in [0.2, 0.25) is 0 Å². The van der Waals surface area contributed by atoms with Crippen LogP contribution >= 0.6 is 0 Å². The van der Waals surface area contributed by atoms with Crippen LogP contribution in [0.5, 0.6) is 11.5 Å². The minimum Gasteiger partial charge on any atom is -0.454 e. The van der Waals surface area contributed by atoms with E-state index in [9.17, 15) is 4.79 Å². The first-order chi connectivity index (χ1) is 14.7. The Hall–Kier alpha value is -3.81. The number of aromatic nitrogens is 3. The molecule has 5 rings (SSSR count). The fourth-order valence-electron chi connectivity index (χ4n) is 3.52. The Balaban J connectivity index is 1.34. The van der Waals surface area contributed by atoms with Gasteiger partial charge in [-0.3, -0.25) is 4.79 Å². The monoisotopic (exact) mass is 404 g/mol. The fourth-order valence-corrected chi connectivity index (χ4v) is 3.52. The van der Waals surface area contributed by atoms with Gasteiger partial charge in [0, 0.05) is 30.1 Å². The lowest BCUT2D eigenvalue weighted by molar-refractivity contribution is -0.121. The summed E-state index contributed by atoms with van der Waals surface area (Å²) in [5.74, 6) is 2.38. The van der Waals surface area contributed by atoms with E-state index in [1.807, 2.05) is 60.2 Å². The molecule has 1 aliphatic rings. The van der Waals surface area contributed by atoms with Crippen molar-refractivity contribution in [2.75, 3.05) is 6.79 Å². The molecule has 0 aliphatic carbocycles. The number of carbonyl (C=O) groups excluding carboxylic acids is 1. The Bertz CT molecular complexity index is 1230. The van der Waals surface area contributed by atoms with Gasteiger partial charge in [0.2, 0.25) is 24.5 Å². The van der Waals surface area contributed by atoms with Gasteiger partial charge in [0.05, 0.1) is 5.56 Å². The molecule has 3 heterocycles. The average Bonchev–Trinajstić information content (AvgIpc) is 3.50. The van der Waals surface area contributed by atoms with Gasteiger partial charge in [0.1, 0.15) is 6.54 Å².